The third-order valence-corrected chi connectivity index (χ3v) is 2.62. The Bertz CT molecular complexity index is 393. The summed E-state index contributed by atoms with van der Waals surface area (Å²) >= 11 is 0. The van der Waals surface area contributed by atoms with Crippen molar-refractivity contribution < 1.29 is 4.79 Å². The Kier molecular flexibility index (Phi) is 1.69. The van der Waals surface area contributed by atoms with Crippen molar-refractivity contribution in [3.63, 3.8) is 0 Å². The average Bonchev–Trinajstić information content (AvgIpc) is 2.41. The van der Waals surface area contributed by atoms with Crippen molar-refractivity contribution in [2.75, 3.05) is 0 Å². The van der Waals surface area contributed by atoms with E-state index in [-0.39, 0.29) is 5.92 Å². The van der Waals surface area contributed by atoms with Gasteiger partial charge in [-0.15, -0.1) is 0 Å². The predicted molar refractivity (Wildman–Crippen MR) is 52.0 cm³/mol. The summed E-state index contributed by atoms with van der Waals surface area (Å²) < 4.78 is 0. The summed E-state index contributed by atoms with van der Waals surface area (Å²) in [6.45, 7) is 2.00. The van der Waals surface area contributed by atoms with E-state index in [1.807, 2.05) is 31.2 Å². The van der Waals surface area contributed by atoms with Crippen LogP contribution in [0.25, 0.3) is 5.70 Å². The quantitative estimate of drug-likeness (QED) is 0.656. The van der Waals surface area contributed by atoms with Gasteiger partial charge in [0.15, 0.2) is 0 Å². The summed E-state index contributed by atoms with van der Waals surface area (Å²) in [5.41, 5.74) is 9.35. The number of fused-ring (bicyclic) bond motifs is 1. The van der Waals surface area contributed by atoms with Crippen molar-refractivity contribution >= 4 is 12.0 Å². The monoisotopic (exact) mass is 173 g/mol. The molecule has 2 rings (SSSR count). The second-order valence-corrected chi connectivity index (χ2v) is 3.30. The zero-order valence-electron chi connectivity index (χ0n) is 7.45. The molecule has 2 N–H and O–H groups in total. The molecule has 1 atom stereocenters. The van der Waals surface area contributed by atoms with Crippen LogP contribution in [0.1, 0.15) is 24.0 Å². The van der Waals surface area contributed by atoms with Gasteiger partial charge in [-0.1, -0.05) is 31.2 Å². The SMILES string of the molecule is CC1C(C=O)=C(N)c2ccccc21. The lowest BCUT2D eigenvalue weighted by Crippen LogP contribution is -1.98. The summed E-state index contributed by atoms with van der Waals surface area (Å²) in [5.74, 6) is 0.147. The Balaban J connectivity index is 2.64. The van der Waals surface area contributed by atoms with Gasteiger partial charge in [-0.05, 0) is 5.56 Å². The van der Waals surface area contributed by atoms with Crippen LogP contribution < -0.4 is 5.73 Å². The molecule has 1 aliphatic carbocycles. The van der Waals surface area contributed by atoms with Gasteiger partial charge in [-0.2, -0.15) is 0 Å². The molecule has 2 nitrogen and oxygen atoms in total. The molecule has 13 heavy (non-hydrogen) atoms. The summed E-state index contributed by atoms with van der Waals surface area (Å²) in [6.07, 6.45) is 0.861. The first kappa shape index (κ1) is 8.05. The highest BCUT2D eigenvalue weighted by Crippen LogP contribution is 2.37. The average molecular weight is 173 g/mol. The fraction of sp³-hybridized carbons (Fsp3) is 0.182. The maximum Gasteiger partial charge on any atom is 0.148 e. The smallest absolute Gasteiger partial charge is 0.148 e. The number of nitrogens with two attached hydrogens (primary N) is 1. The van der Waals surface area contributed by atoms with Crippen molar-refractivity contribution in [3.8, 4) is 0 Å². The Morgan fingerprint density at radius 2 is 2.08 bits per heavy atom. The van der Waals surface area contributed by atoms with Gasteiger partial charge in [0.1, 0.15) is 6.29 Å². The van der Waals surface area contributed by atoms with E-state index in [0.29, 0.717) is 11.3 Å². The third-order valence-electron chi connectivity index (χ3n) is 2.62. The van der Waals surface area contributed by atoms with Gasteiger partial charge in [-0.3, -0.25) is 4.79 Å². The number of benzene rings is 1. The van der Waals surface area contributed by atoms with Gasteiger partial charge >= 0.3 is 0 Å². The van der Waals surface area contributed by atoms with E-state index in [4.69, 9.17) is 5.73 Å². The molecule has 0 heterocycles. The highest BCUT2D eigenvalue weighted by atomic mass is 16.1. The molecule has 0 spiro atoms. The lowest BCUT2D eigenvalue weighted by atomic mass is 9.99. The van der Waals surface area contributed by atoms with Crippen LogP contribution in [-0.2, 0) is 4.79 Å². The molecule has 1 aliphatic rings. The van der Waals surface area contributed by atoms with Gasteiger partial charge in [0.25, 0.3) is 0 Å². The van der Waals surface area contributed by atoms with Crippen LogP contribution in [0.5, 0.6) is 0 Å². The molecular weight excluding hydrogens is 162 g/mol. The minimum atomic E-state index is 0.147. The van der Waals surface area contributed by atoms with Crippen LogP contribution in [0, 0.1) is 0 Å². The number of carbonyl (C=O) groups is 1. The van der Waals surface area contributed by atoms with E-state index in [2.05, 4.69) is 0 Å². The van der Waals surface area contributed by atoms with E-state index in [1.54, 1.807) is 0 Å². The Morgan fingerprint density at radius 1 is 1.38 bits per heavy atom. The van der Waals surface area contributed by atoms with Crippen molar-refractivity contribution in [2.45, 2.75) is 12.8 Å². The standard InChI is InChI=1S/C11H11NO/c1-7-8-4-2-3-5-9(8)11(12)10(7)6-13/h2-7H,12H2,1H3. The van der Waals surface area contributed by atoms with Crippen LogP contribution >= 0.6 is 0 Å². The molecule has 0 radical (unpaired) electrons. The topological polar surface area (TPSA) is 43.1 Å². The minimum absolute atomic E-state index is 0.147. The summed E-state index contributed by atoms with van der Waals surface area (Å²) in [6, 6.07) is 7.88. The molecule has 0 saturated carbocycles. The van der Waals surface area contributed by atoms with Crippen molar-refractivity contribution in [1.29, 1.82) is 0 Å². The van der Waals surface area contributed by atoms with Crippen molar-refractivity contribution in [3.05, 3.63) is 41.0 Å². The molecule has 0 fully saturated rings. The Hall–Kier alpha value is -1.57. The first-order valence-corrected chi connectivity index (χ1v) is 4.30. The fourth-order valence-electron chi connectivity index (χ4n) is 1.84. The summed E-state index contributed by atoms with van der Waals surface area (Å²) in [5, 5.41) is 0. The van der Waals surface area contributed by atoms with Crippen LogP contribution in [0.2, 0.25) is 0 Å². The molecule has 0 bridgehead atoms. The highest BCUT2D eigenvalue weighted by Gasteiger charge is 2.25. The fourth-order valence-corrected chi connectivity index (χ4v) is 1.84. The zero-order chi connectivity index (χ0) is 9.42. The van der Waals surface area contributed by atoms with E-state index in [9.17, 15) is 4.79 Å². The minimum Gasteiger partial charge on any atom is -0.398 e. The normalized spacial score (nSPS) is 20.2. The largest absolute Gasteiger partial charge is 0.398 e. The molecule has 66 valence electrons. The van der Waals surface area contributed by atoms with Crippen molar-refractivity contribution in [1.82, 2.24) is 0 Å². The maximum atomic E-state index is 10.8. The van der Waals surface area contributed by atoms with E-state index in [1.165, 1.54) is 0 Å². The highest BCUT2D eigenvalue weighted by molar-refractivity contribution is 5.93. The Morgan fingerprint density at radius 3 is 2.69 bits per heavy atom. The molecular formula is C11H11NO. The van der Waals surface area contributed by atoms with E-state index >= 15 is 0 Å². The van der Waals surface area contributed by atoms with E-state index < -0.39 is 0 Å². The van der Waals surface area contributed by atoms with Crippen LogP contribution in [0.4, 0.5) is 0 Å². The number of allylic oxidation sites excluding steroid dienone is 1. The molecule has 0 aromatic heterocycles. The van der Waals surface area contributed by atoms with Gasteiger partial charge in [0, 0.05) is 22.8 Å². The lowest BCUT2D eigenvalue weighted by molar-refractivity contribution is -0.105. The number of hydrogen-bond acceptors (Lipinski definition) is 2. The van der Waals surface area contributed by atoms with Gasteiger partial charge in [0.05, 0.1) is 0 Å². The second-order valence-electron chi connectivity index (χ2n) is 3.30. The molecule has 1 unspecified atom stereocenters. The first-order chi connectivity index (χ1) is 6.25. The molecule has 1 aromatic rings. The summed E-state index contributed by atoms with van der Waals surface area (Å²) in [7, 11) is 0. The predicted octanol–water partition coefficient (Wildman–Crippen LogP) is 1.67. The number of hydrogen-bond donors (Lipinski definition) is 1. The third kappa shape index (κ3) is 0.985. The number of rotatable bonds is 1. The van der Waals surface area contributed by atoms with Gasteiger partial charge < -0.3 is 5.73 Å². The zero-order valence-corrected chi connectivity index (χ0v) is 7.45. The van der Waals surface area contributed by atoms with Crippen LogP contribution in [-0.4, -0.2) is 6.29 Å². The first-order valence-electron chi connectivity index (χ1n) is 4.30. The molecule has 0 amide bonds. The van der Waals surface area contributed by atoms with Crippen molar-refractivity contribution in [2.24, 2.45) is 5.73 Å². The van der Waals surface area contributed by atoms with Gasteiger partial charge in [-0.25, -0.2) is 0 Å². The number of carbonyl (C=O) groups excluding carboxylic acids is 1. The molecule has 1 aromatic carbocycles. The lowest BCUT2D eigenvalue weighted by Gasteiger charge is -2.04. The molecule has 0 saturated heterocycles. The summed E-state index contributed by atoms with van der Waals surface area (Å²) in [4.78, 5) is 10.8. The second kappa shape index (κ2) is 2.73. The van der Waals surface area contributed by atoms with E-state index in [0.717, 1.165) is 17.4 Å². The number of aldehydes is 1. The van der Waals surface area contributed by atoms with Crippen LogP contribution in [0.15, 0.2) is 29.8 Å². The maximum absolute atomic E-state index is 10.8. The van der Waals surface area contributed by atoms with Crippen LogP contribution in [0.3, 0.4) is 0 Å². The van der Waals surface area contributed by atoms with Gasteiger partial charge in [0.2, 0.25) is 0 Å². The molecule has 0 aliphatic heterocycles. The molecule has 2 heteroatoms. The Labute approximate surface area is 77.1 Å².